The molecule has 123 valence electrons. The monoisotopic (exact) mass is 351 g/mol. The van der Waals surface area contributed by atoms with E-state index in [1.807, 2.05) is 6.92 Å². The van der Waals surface area contributed by atoms with Crippen molar-refractivity contribution in [1.82, 2.24) is 10.2 Å². The van der Waals surface area contributed by atoms with E-state index in [-0.39, 0.29) is 11.5 Å². The summed E-state index contributed by atoms with van der Waals surface area (Å²) in [6.45, 7) is 4.03. The second-order valence-electron chi connectivity index (χ2n) is 4.95. The van der Waals surface area contributed by atoms with E-state index in [9.17, 15) is 9.90 Å². The average Bonchev–Trinajstić information content (AvgIpc) is 3.03. The summed E-state index contributed by atoms with van der Waals surface area (Å²) >= 11 is 3.03. The summed E-state index contributed by atoms with van der Waals surface area (Å²) in [5.74, 6) is 1.44. The highest BCUT2D eigenvalue weighted by molar-refractivity contribution is 8.00. The van der Waals surface area contributed by atoms with Crippen LogP contribution in [-0.2, 0) is 6.42 Å². The van der Waals surface area contributed by atoms with Crippen LogP contribution in [0.3, 0.4) is 0 Å². The van der Waals surface area contributed by atoms with E-state index >= 15 is 0 Å². The molecular weight excluding hydrogens is 332 g/mol. The van der Waals surface area contributed by atoms with Gasteiger partial charge in [0.25, 0.3) is 0 Å². The van der Waals surface area contributed by atoms with Crippen molar-refractivity contribution in [3.63, 3.8) is 0 Å². The molecule has 5 nitrogen and oxygen atoms in total. The Morgan fingerprint density at radius 2 is 2.30 bits per heavy atom. The molecule has 0 bridgehead atoms. The van der Waals surface area contributed by atoms with Crippen LogP contribution < -0.4 is 4.74 Å². The molecule has 1 aromatic carbocycles. The number of carbonyl (C=O) groups is 1. The zero-order valence-electron chi connectivity index (χ0n) is 13.2. The molecule has 1 heterocycles. The van der Waals surface area contributed by atoms with Crippen molar-refractivity contribution in [2.75, 3.05) is 12.4 Å². The Balaban J connectivity index is 1.93. The zero-order valence-corrected chi connectivity index (χ0v) is 14.8. The van der Waals surface area contributed by atoms with Gasteiger partial charge in [0, 0.05) is 11.3 Å². The van der Waals surface area contributed by atoms with Crippen LogP contribution in [0.2, 0.25) is 0 Å². The number of benzene rings is 1. The second-order valence-corrected chi connectivity index (χ2v) is 7.07. The van der Waals surface area contributed by atoms with Gasteiger partial charge in [0.1, 0.15) is 11.5 Å². The van der Waals surface area contributed by atoms with Crippen LogP contribution in [0.15, 0.2) is 16.5 Å². The highest BCUT2D eigenvalue weighted by Gasteiger charge is 2.15. The van der Waals surface area contributed by atoms with Crippen molar-refractivity contribution < 1.29 is 14.6 Å². The fraction of sp³-hybridized carbons (Fsp3) is 0.438. The molecule has 0 saturated carbocycles. The van der Waals surface area contributed by atoms with Crippen LogP contribution in [-0.4, -0.2) is 33.4 Å². The number of aromatic hydroxyl groups is 1. The minimum absolute atomic E-state index is 0.0515. The summed E-state index contributed by atoms with van der Waals surface area (Å²) in [4.78, 5) is 11.5. The van der Waals surface area contributed by atoms with Gasteiger partial charge >= 0.3 is 0 Å². The molecule has 0 atom stereocenters. The summed E-state index contributed by atoms with van der Waals surface area (Å²) < 4.78 is 6.70. The number of ether oxygens (including phenoxy) is 1. The maximum absolute atomic E-state index is 11.5. The predicted molar refractivity (Wildman–Crippen MR) is 91.7 cm³/mol. The molecule has 0 unspecified atom stereocenters. The lowest BCUT2D eigenvalue weighted by Crippen LogP contribution is -2.04. The Morgan fingerprint density at radius 1 is 1.48 bits per heavy atom. The first-order valence-electron chi connectivity index (χ1n) is 7.44. The van der Waals surface area contributed by atoms with Crippen molar-refractivity contribution >= 4 is 28.9 Å². The van der Waals surface area contributed by atoms with Crippen molar-refractivity contribution in [3.8, 4) is 11.5 Å². The highest BCUT2D eigenvalue weighted by atomic mass is 32.2. The molecule has 0 aliphatic rings. The topological polar surface area (TPSA) is 72.3 Å². The lowest BCUT2D eigenvalue weighted by Gasteiger charge is -2.14. The van der Waals surface area contributed by atoms with Crippen LogP contribution in [0, 0.1) is 5.51 Å². The third kappa shape index (κ3) is 4.94. The summed E-state index contributed by atoms with van der Waals surface area (Å²) in [6, 6.07) is 3.40. The Hall–Kier alpha value is -1.60. The number of nitrogens with zero attached hydrogens (tertiary/aromatic N) is 2. The number of ketones is 1. The Bertz CT molecular complexity index is 645. The molecule has 0 amide bonds. The molecule has 23 heavy (non-hydrogen) atoms. The van der Waals surface area contributed by atoms with Gasteiger partial charge in [-0.1, -0.05) is 36.4 Å². The van der Waals surface area contributed by atoms with Gasteiger partial charge in [0.05, 0.1) is 12.2 Å². The molecule has 0 spiro atoms. The van der Waals surface area contributed by atoms with Gasteiger partial charge in [0.2, 0.25) is 0 Å². The number of aromatic nitrogens is 2. The number of carbonyl (C=O) groups excluding carboxylic acids is 1. The number of rotatable bonds is 9. The Morgan fingerprint density at radius 3 is 2.96 bits per heavy atom. The zero-order chi connectivity index (χ0) is 16.7. The predicted octanol–water partition coefficient (Wildman–Crippen LogP) is 3.76. The maximum Gasteiger partial charge on any atom is 0.179 e. The number of hydrogen-bond donors (Lipinski definition) is 1. The molecular formula is C16H19N2O3S2. The van der Waals surface area contributed by atoms with Gasteiger partial charge in [-0.05, 0) is 31.9 Å². The van der Waals surface area contributed by atoms with Crippen LogP contribution in [0.4, 0.5) is 0 Å². The average molecular weight is 351 g/mol. The van der Waals surface area contributed by atoms with E-state index < -0.39 is 0 Å². The van der Waals surface area contributed by atoms with E-state index in [1.54, 1.807) is 23.9 Å². The summed E-state index contributed by atoms with van der Waals surface area (Å²) in [5.41, 5.74) is 3.78. The van der Waals surface area contributed by atoms with Gasteiger partial charge in [-0.2, -0.15) is 0 Å². The summed E-state index contributed by atoms with van der Waals surface area (Å²) in [7, 11) is 0. The van der Waals surface area contributed by atoms with Crippen LogP contribution in [0.25, 0.3) is 0 Å². The van der Waals surface area contributed by atoms with Gasteiger partial charge in [0.15, 0.2) is 15.6 Å². The fourth-order valence-corrected chi connectivity index (χ4v) is 3.50. The Labute approximate surface area is 144 Å². The van der Waals surface area contributed by atoms with E-state index in [2.05, 4.69) is 15.7 Å². The second kappa shape index (κ2) is 8.88. The molecule has 2 rings (SSSR count). The van der Waals surface area contributed by atoms with Gasteiger partial charge in [-0.3, -0.25) is 4.79 Å². The van der Waals surface area contributed by atoms with Gasteiger partial charge in [-0.25, -0.2) is 0 Å². The van der Waals surface area contributed by atoms with E-state index in [0.29, 0.717) is 29.9 Å². The summed E-state index contributed by atoms with van der Waals surface area (Å²) in [5, 5.41) is 17.9. The number of thioether (sulfide) groups is 1. The van der Waals surface area contributed by atoms with E-state index in [4.69, 9.17) is 4.74 Å². The fourth-order valence-electron chi connectivity index (χ4n) is 2.13. The van der Waals surface area contributed by atoms with Crippen LogP contribution in [0.5, 0.6) is 11.5 Å². The molecule has 0 saturated heterocycles. The van der Waals surface area contributed by atoms with Gasteiger partial charge < -0.3 is 9.84 Å². The van der Waals surface area contributed by atoms with Crippen molar-refractivity contribution in [1.29, 1.82) is 0 Å². The van der Waals surface area contributed by atoms with Crippen LogP contribution >= 0.6 is 23.1 Å². The molecule has 0 aliphatic carbocycles. The van der Waals surface area contributed by atoms with Gasteiger partial charge in [-0.15, -0.1) is 10.2 Å². The smallest absolute Gasteiger partial charge is 0.179 e. The minimum atomic E-state index is -0.142. The number of phenolic OH excluding ortho intramolecular Hbond substituents is 1. The first-order chi connectivity index (χ1) is 11.1. The minimum Gasteiger partial charge on any atom is -0.507 e. The van der Waals surface area contributed by atoms with E-state index in [0.717, 1.165) is 22.9 Å². The van der Waals surface area contributed by atoms with Crippen molar-refractivity contribution in [3.05, 3.63) is 28.8 Å². The molecule has 0 aliphatic heterocycles. The Kier molecular flexibility index (Phi) is 6.85. The standard InChI is InChI=1S/C16H19N2O3S2/c1-3-5-13-14(7-6-12(11(2)19)15(13)20)21-8-4-9-22-16-18-17-10-23-16/h6-7,20H,3-5,8-9H2,1-2H3. The first-order valence-corrected chi connectivity index (χ1v) is 9.24. The van der Waals surface area contributed by atoms with E-state index in [1.165, 1.54) is 18.3 Å². The maximum atomic E-state index is 11.5. The highest BCUT2D eigenvalue weighted by Crippen LogP contribution is 2.33. The molecule has 2 aromatic rings. The lowest BCUT2D eigenvalue weighted by molar-refractivity contribution is 0.101. The molecule has 0 fully saturated rings. The summed E-state index contributed by atoms with van der Waals surface area (Å²) in [6.07, 6.45) is 2.40. The SMILES string of the molecule is CCCc1c(OCCCSc2nn[c]s2)ccc(C(C)=O)c1O. The lowest BCUT2D eigenvalue weighted by atomic mass is 10.0. The van der Waals surface area contributed by atoms with Crippen molar-refractivity contribution in [2.45, 2.75) is 37.4 Å². The third-order valence-electron chi connectivity index (χ3n) is 3.20. The molecule has 1 aromatic heterocycles. The quantitative estimate of drug-likeness (QED) is 0.421. The molecule has 1 N–H and O–H groups in total. The number of phenols is 1. The van der Waals surface area contributed by atoms with Crippen molar-refractivity contribution in [2.24, 2.45) is 0 Å². The normalized spacial score (nSPS) is 10.7. The van der Waals surface area contributed by atoms with Crippen LogP contribution in [0.1, 0.15) is 42.6 Å². The molecule has 1 radical (unpaired) electrons. The largest absolute Gasteiger partial charge is 0.507 e. The first kappa shape index (κ1) is 17.7. The number of hydrogen-bond acceptors (Lipinski definition) is 7. The third-order valence-corrected chi connectivity index (χ3v) is 5.05. The number of Topliss-reactive ketones (excluding diaryl/α,β-unsaturated/α-hetero) is 1. The molecule has 7 heteroatoms.